The summed E-state index contributed by atoms with van der Waals surface area (Å²) in [5, 5.41) is 9.52. The van der Waals surface area contributed by atoms with Crippen molar-refractivity contribution in [2.24, 2.45) is 0 Å². The number of hydrogen-bond donors (Lipinski definition) is 1. The number of fused-ring (bicyclic) bond motifs is 3. The molecule has 0 bridgehead atoms. The van der Waals surface area contributed by atoms with Crippen molar-refractivity contribution >= 4 is 85.6 Å². The predicted molar refractivity (Wildman–Crippen MR) is 171 cm³/mol. The molecule has 2 unspecified atom stereocenters. The highest BCUT2D eigenvalue weighted by Crippen LogP contribution is 2.52. The molecule has 11 heteroatoms. The maximum absolute atomic E-state index is 13.4. The summed E-state index contributed by atoms with van der Waals surface area (Å²) in [4.78, 5) is 43.5. The molecule has 2 fully saturated rings. The molecule has 3 heterocycles. The highest BCUT2D eigenvalue weighted by molar-refractivity contribution is 8.30. The first-order valence-electron chi connectivity index (χ1n) is 13.5. The molecule has 1 saturated heterocycles. The third-order valence-electron chi connectivity index (χ3n) is 7.75. The molecule has 2 atom stereocenters. The van der Waals surface area contributed by atoms with Gasteiger partial charge in [-0.2, -0.15) is 0 Å². The van der Waals surface area contributed by atoms with Gasteiger partial charge in [-0.25, -0.2) is 0 Å². The van der Waals surface area contributed by atoms with E-state index >= 15 is 0 Å². The molecule has 1 amide bonds. The van der Waals surface area contributed by atoms with Gasteiger partial charge in [0.15, 0.2) is 0 Å². The van der Waals surface area contributed by atoms with Gasteiger partial charge >= 0.3 is 5.97 Å². The van der Waals surface area contributed by atoms with Gasteiger partial charge in [-0.3, -0.25) is 23.9 Å². The van der Waals surface area contributed by atoms with Crippen LogP contribution in [0.3, 0.4) is 0 Å². The van der Waals surface area contributed by atoms with Gasteiger partial charge in [-0.1, -0.05) is 43.4 Å². The van der Waals surface area contributed by atoms with Crippen molar-refractivity contribution in [3.8, 4) is 0 Å². The zero-order valence-corrected chi connectivity index (χ0v) is 25.8. The molecule has 1 radical (unpaired) electrons. The fourth-order valence-electron chi connectivity index (χ4n) is 6.04. The smallest absolute Gasteiger partial charge is 0.323 e. The Balaban J connectivity index is 1.43. The van der Waals surface area contributed by atoms with Gasteiger partial charge in [0.05, 0.1) is 4.53 Å². The quantitative estimate of drug-likeness (QED) is 0.295. The highest BCUT2D eigenvalue weighted by atomic mass is 32.2. The van der Waals surface area contributed by atoms with Crippen LogP contribution >= 0.6 is 47.1 Å². The molecule has 1 N–H and O–H groups in total. The monoisotopic (exact) mass is 622 g/mol. The van der Waals surface area contributed by atoms with Crippen LogP contribution in [0.5, 0.6) is 0 Å². The lowest BCUT2D eigenvalue weighted by Crippen LogP contribution is -2.35. The summed E-state index contributed by atoms with van der Waals surface area (Å²) < 4.78 is 2.32. The zero-order valence-electron chi connectivity index (χ0n) is 22.5. The second kappa shape index (κ2) is 11.4. The van der Waals surface area contributed by atoms with Crippen LogP contribution in [0, 0.1) is 5.75 Å². The van der Waals surface area contributed by atoms with Gasteiger partial charge in [0.25, 0.3) is 11.5 Å². The summed E-state index contributed by atoms with van der Waals surface area (Å²) in [5.74, 6) is 1.06. The number of hydrogen-bond acceptors (Lipinski definition) is 8. The Morgan fingerprint density at radius 2 is 1.95 bits per heavy atom. The van der Waals surface area contributed by atoms with Crippen LogP contribution in [0.15, 0.2) is 52.2 Å². The topological polar surface area (TPSA) is 82.8 Å². The lowest BCUT2D eigenvalue weighted by molar-refractivity contribution is -0.137. The number of thiazole rings is 1. The normalized spacial score (nSPS) is 21.7. The highest BCUT2D eigenvalue weighted by Gasteiger charge is 2.42. The Kier molecular flexibility index (Phi) is 7.88. The summed E-state index contributed by atoms with van der Waals surface area (Å²) in [6, 6.07) is 15.4. The fourth-order valence-corrected chi connectivity index (χ4v) is 9.25. The van der Waals surface area contributed by atoms with Crippen molar-refractivity contribution in [2.75, 3.05) is 11.4 Å². The Bertz CT molecular complexity index is 1740. The summed E-state index contributed by atoms with van der Waals surface area (Å²) >= 11 is 9.33. The molecular weight excluding hydrogens is 595 g/mol. The molecule has 211 valence electrons. The number of aliphatic carboxylic acids is 1. The van der Waals surface area contributed by atoms with E-state index in [0.29, 0.717) is 36.9 Å². The minimum atomic E-state index is -1.15. The largest absolute Gasteiger partial charge is 0.480 e. The van der Waals surface area contributed by atoms with Gasteiger partial charge in [0.2, 0.25) is 0 Å². The van der Waals surface area contributed by atoms with Crippen LogP contribution in [0.4, 0.5) is 11.4 Å². The van der Waals surface area contributed by atoms with Crippen molar-refractivity contribution in [1.82, 2.24) is 9.47 Å². The number of aromatic nitrogens is 1. The number of carboxylic acids is 1. The van der Waals surface area contributed by atoms with E-state index in [2.05, 4.69) is 47.1 Å². The molecule has 41 heavy (non-hydrogen) atoms. The molecule has 7 nitrogen and oxygen atoms in total. The number of nitrogens with zero attached hydrogens (tertiary/aromatic N) is 3. The second-order valence-corrected chi connectivity index (χ2v) is 13.9. The van der Waals surface area contributed by atoms with Crippen LogP contribution in [-0.4, -0.2) is 43.4 Å². The van der Waals surface area contributed by atoms with Gasteiger partial charge in [-0.05, 0) is 73.4 Å². The van der Waals surface area contributed by atoms with Crippen molar-refractivity contribution in [3.63, 3.8) is 0 Å². The number of thiocarbonyl (C=S) groups is 1. The van der Waals surface area contributed by atoms with Gasteiger partial charge < -0.3 is 10.0 Å². The van der Waals surface area contributed by atoms with Crippen LogP contribution in [0.1, 0.15) is 50.2 Å². The molecular formula is C30H28N3O4S4. The van der Waals surface area contributed by atoms with E-state index in [0.717, 1.165) is 41.5 Å². The minimum Gasteiger partial charge on any atom is -0.480 e. The van der Waals surface area contributed by atoms with Crippen LogP contribution < -0.4 is 19.7 Å². The lowest BCUT2D eigenvalue weighted by Gasteiger charge is -2.27. The number of carbonyl (C=O) groups is 2. The van der Waals surface area contributed by atoms with E-state index in [9.17, 15) is 19.5 Å². The summed E-state index contributed by atoms with van der Waals surface area (Å²) in [5.41, 5.74) is 4.13. The zero-order chi connectivity index (χ0) is 28.8. The Hall–Kier alpha value is -2.86. The molecule has 1 saturated carbocycles. The molecule has 3 aliphatic rings. The third-order valence-corrected chi connectivity index (χ3v) is 11.2. The number of amides is 1. The van der Waals surface area contributed by atoms with Crippen LogP contribution in [0.25, 0.3) is 11.0 Å². The molecule has 1 aromatic heterocycles. The SMILES string of the molecule is C[CH]Sc1ccc(N2c3ccc(/C=c4\s/c(=C5/SC(=S)N(CC)C5=O)n(CC(=O)O)c4=O)cc3C3CCCC32)cc1. The van der Waals surface area contributed by atoms with Crippen molar-refractivity contribution in [1.29, 1.82) is 0 Å². The van der Waals surface area contributed by atoms with Crippen LogP contribution in [-0.2, 0) is 16.1 Å². The summed E-state index contributed by atoms with van der Waals surface area (Å²) in [7, 11) is 0. The first kappa shape index (κ1) is 28.3. The van der Waals surface area contributed by atoms with Gasteiger partial charge in [0, 0.05) is 40.5 Å². The molecule has 2 aliphatic heterocycles. The van der Waals surface area contributed by atoms with E-state index in [-0.39, 0.29) is 5.91 Å². The van der Waals surface area contributed by atoms with Gasteiger partial charge in [0.1, 0.15) is 20.4 Å². The molecule has 3 aromatic rings. The Labute approximate surface area is 255 Å². The number of carboxylic acid groups (broad SMARTS) is 1. The number of rotatable bonds is 7. The van der Waals surface area contributed by atoms with E-state index in [1.54, 1.807) is 11.8 Å². The van der Waals surface area contributed by atoms with E-state index in [4.69, 9.17) is 12.2 Å². The standard InChI is InChI=1S/C30H28N3O4S4/c1-3-31-28(37)26(41-30(31)38)29-32(16-25(34)35)27(36)24(40-29)15-17-8-13-23-21(14-17)20-6-5-7-22(20)33(23)18-9-11-19(12-10-18)39-4-2/h4,8-15,20,22H,3,5-7,16H2,1-2H3,(H,34,35)/b24-15-,29-26+. The molecule has 1 aliphatic carbocycles. The average Bonchev–Trinajstić information content (AvgIpc) is 3.68. The van der Waals surface area contributed by atoms with Crippen molar-refractivity contribution in [2.45, 2.75) is 56.5 Å². The van der Waals surface area contributed by atoms with E-state index in [1.807, 2.05) is 26.0 Å². The van der Waals surface area contributed by atoms with Crippen molar-refractivity contribution < 1.29 is 14.7 Å². The molecule has 6 rings (SSSR count). The number of anilines is 2. The fraction of sp³-hybridized carbons (Fsp3) is 0.300. The van der Waals surface area contributed by atoms with E-state index in [1.165, 1.54) is 37.7 Å². The summed E-state index contributed by atoms with van der Waals surface area (Å²) in [6.45, 7) is 3.75. The minimum absolute atomic E-state index is 0.293. The second-order valence-electron chi connectivity index (χ2n) is 10.1. The first-order valence-corrected chi connectivity index (χ1v) is 16.4. The molecule has 2 aromatic carbocycles. The van der Waals surface area contributed by atoms with Crippen LogP contribution in [0.2, 0.25) is 0 Å². The number of thioether (sulfide) groups is 2. The maximum Gasteiger partial charge on any atom is 0.323 e. The number of carbonyl (C=O) groups excluding carboxylic acids is 1. The first-order chi connectivity index (χ1) is 19.8. The summed E-state index contributed by atoms with van der Waals surface area (Å²) in [6.07, 6.45) is 5.24. The van der Waals surface area contributed by atoms with Gasteiger partial charge in [-0.15, -0.1) is 23.1 Å². The Morgan fingerprint density at radius 1 is 1.17 bits per heavy atom. The maximum atomic E-state index is 13.4. The average molecular weight is 623 g/mol. The van der Waals surface area contributed by atoms with E-state index < -0.39 is 18.1 Å². The number of benzene rings is 2. The third kappa shape index (κ3) is 5.07. The predicted octanol–water partition coefficient (Wildman–Crippen LogP) is 4.87. The lowest BCUT2D eigenvalue weighted by atomic mass is 9.96. The molecule has 0 spiro atoms. The Morgan fingerprint density at radius 3 is 2.63 bits per heavy atom. The van der Waals surface area contributed by atoms with Crippen molar-refractivity contribution in [3.05, 3.63) is 78.9 Å².